The first-order chi connectivity index (χ1) is 10.5. The van der Waals surface area contributed by atoms with Crippen LogP contribution in [0, 0.1) is 5.92 Å². The number of esters is 1. The Hall–Kier alpha value is -2.37. The van der Waals surface area contributed by atoms with Crippen LogP contribution in [0.25, 0.3) is 0 Å². The number of carbonyl (C=O) groups is 3. The first kappa shape index (κ1) is 16.0. The molecule has 6 heteroatoms. The number of ether oxygens (including phenoxy) is 1. The van der Waals surface area contributed by atoms with Crippen molar-refractivity contribution in [3.05, 3.63) is 29.8 Å². The van der Waals surface area contributed by atoms with E-state index in [1.165, 1.54) is 14.0 Å². The Morgan fingerprint density at radius 1 is 1.27 bits per heavy atom. The molecular formula is C16H20N2O4. The molecule has 0 aromatic heterocycles. The Labute approximate surface area is 129 Å². The number of methoxy groups -OCH3 is 1. The topological polar surface area (TPSA) is 84.5 Å². The maximum absolute atomic E-state index is 12.4. The van der Waals surface area contributed by atoms with Crippen molar-refractivity contribution in [3.63, 3.8) is 0 Å². The summed E-state index contributed by atoms with van der Waals surface area (Å²) in [6.07, 6.45) is 2.73. The second-order valence-electron chi connectivity index (χ2n) is 5.46. The summed E-state index contributed by atoms with van der Waals surface area (Å²) < 4.78 is 4.75. The quantitative estimate of drug-likeness (QED) is 0.784. The van der Waals surface area contributed by atoms with Gasteiger partial charge in [0.15, 0.2) is 0 Å². The van der Waals surface area contributed by atoms with Crippen LogP contribution in [0.2, 0.25) is 0 Å². The highest BCUT2D eigenvalue weighted by Crippen LogP contribution is 2.33. The molecule has 0 saturated heterocycles. The van der Waals surface area contributed by atoms with Crippen molar-refractivity contribution in [2.45, 2.75) is 32.2 Å². The average Bonchev–Trinajstić information content (AvgIpc) is 3.29. The van der Waals surface area contributed by atoms with Crippen molar-refractivity contribution < 1.29 is 19.1 Å². The molecule has 6 nitrogen and oxygen atoms in total. The van der Waals surface area contributed by atoms with E-state index in [1.54, 1.807) is 24.3 Å². The number of benzene rings is 1. The summed E-state index contributed by atoms with van der Waals surface area (Å²) in [5.74, 6) is -0.643. The third-order valence-corrected chi connectivity index (χ3v) is 3.54. The maximum atomic E-state index is 12.4. The Balaban J connectivity index is 2.12. The first-order valence-corrected chi connectivity index (χ1v) is 7.26. The van der Waals surface area contributed by atoms with Crippen molar-refractivity contribution in [2.24, 2.45) is 5.92 Å². The number of hydrogen-bond donors (Lipinski definition) is 2. The van der Waals surface area contributed by atoms with Gasteiger partial charge >= 0.3 is 5.97 Å². The van der Waals surface area contributed by atoms with E-state index in [1.807, 2.05) is 0 Å². The van der Waals surface area contributed by atoms with E-state index in [0.29, 0.717) is 23.6 Å². The van der Waals surface area contributed by atoms with Gasteiger partial charge in [-0.1, -0.05) is 25.0 Å². The van der Waals surface area contributed by atoms with Crippen LogP contribution >= 0.6 is 0 Å². The summed E-state index contributed by atoms with van der Waals surface area (Å²) in [6, 6.07) is 6.02. The summed E-state index contributed by atoms with van der Waals surface area (Å²) in [5, 5.41) is 5.31. The Bertz CT molecular complexity index is 581. The number of nitrogens with one attached hydrogen (secondary N) is 2. The van der Waals surface area contributed by atoms with E-state index in [0.717, 1.165) is 12.8 Å². The van der Waals surface area contributed by atoms with Gasteiger partial charge in [0.1, 0.15) is 6.04 Å². The fourth-order valence-electron chi connectivity index (χ4n) is 2.26. The second kappa shape index (κ2) is 7.06. The lowest BCUT2D eigenvalue weighted by molar-refractivity contribution is -0.143. The normalized spacial score (nSPS) is 14.8. The van der Waals surface area contributed by atoms with Gasteiger partial charge in [-0.3, -0.25) is 9.59 Å². The minimum absolute atomic E-state index is 0.261. The SMILES string of the molecule is COC(=O)[C@@H](CC1CC1)NC(=O)c1ccccc1NC(C)=O. The van der Waals surface area contributed by atoms with Crippen molar-refractivity contribution >= 4 is 23.5 Å². The molecule has 1 aliphatic carbocycles. The van der Waals surface area contributed by atoms with Crippen LogP contribution in [0.1, 0.15) is 36.5 Å². The second-order valence-corrected chi connectivity index (χ2v) is 5.46. The molecule has 0 unspecified atom stereocenters. The standard InChI is InChI=1S/C16H20N2O4/c1-10(19)17-13-6-4-3-5-12(13)15(20)18-14(16(21)22-2)9-11-7-8-11/h3-6,11,14H,7-9H2,1-2H3,(H,17,19)(H,18,20)/t14-/m1/s1. The zero-order valence-electron chi connectivity index (χ0n) is 12.7. The van der Waals surface area contributed by atoms with Gasteiger partial charge in [-0.05, 0) is 24.5 Å². The van der Waals surface area contributed by atoms with E-state index in [2.05, 4.69) is 10.6 Å². The Kier molecular flexibility index (Phi) is 5.14. The summed E-state index contributed by atoms with van der Waals surface area (Å²) in [7, 11) is 1.31. The van der Waals surface area contributed by atoms with Crippen molar-refractivity contribution in [3.8, 4) is 0 Å². The van der Waals surface area contributed by atoms with Crippen molar-refractivity contribution in [2.75, 3.05) is 12.4 Å². The van der Waals surface area contributed by atoms with Gasteiger partial charge in [-0.25, -0.2) is 4.79 Å². The maximum Gasteiger partial charge on any atom is 0.328 e. The number of para-hydroxylation sites is 1. The molecule has 118 valence electrons. The molecule has 0 bridgehead atoms. The van der Waals surface area contributed by atoms with E-state index in [-0.39, 0.29) is 5.91 Å². The lowest BCUT2D eigenvalue weighted by Gasteiger charge is -2.17. The third kappa shape index (κ3) is 4.31. The van der Waals surface area contributed by atoms with Crippen LogP contribution in [0.3, 0.4) is 0 Å². The first-order valence-electron chi connectivity index (χ1n) is 7.26. The molecule has 1 aromatic rings. The lowest BCUT2D eigenvalue weighted by Crippen LogP contribution is -2.42. The average molecular weight is 304 g/mol. The molecule has 1 aromatic carbocycles. The van der Waals surface area contributed by atoms with E-state index < -0.39 is 17.9 Å². The molecule has 1 aliphatic rings. The summed E-state index contributed by atoms with van der Waals surface area (Å²) >= 11 is 0. The van der Waals surface area contributed by atoms with Gasteiger partial charge < -0.3 is 15.4 Å². The molecule has 2 amide bonds. The zero-order valence-corrected chi connectivity index (χ0v) is 12.7. The summed E-state index contributed by atoms with van der Waals surface area (Å²) in [5.41, 5.74) is 0.741. The molecule has 2 N–H and O–H groups in total. The smallest absolute Gasteiger partial charge is 0.328 e. The van der Waals surface area contributed by atoms with E-state index >= 15 is 0 Å². The fourth-order valence-corrected chi connectivity index (χ4v) is 2.26. The minimum atomic E-state index is -0.657. The highest BCUT2D eigenvalue weighted by Gasteiger charge is 2.31. The van der Waals surface area contributed by atoms with E-state index in [9.17, 15) is 14.4 Å². The molecule has 1 saturated carbocycles. The molecule has 1 fully saturated rings. The molecule has 0 spiro atoms. The highest BCUT2D eigenvalue weighted by atomic mass is 16.5. The fraction of sp³-hybridized carbons (Fsp3) is 0.438. The van der Waals surface area contributed by atoms with Gasteiger partial charge in [0.05, 0.1) is 18.4 Å². The largest absolute Gasteiger partial charge is 0.467 e. The number of rotatable bonds is 6. The van der Waals surface area contributed by atoms with Gasteiger partial charge in [-0.2, -0.15) is 0 Å². The van der Waals surface area contributed by atoms with Crippen LogP contribution in [0.5, 0.6) is 0 Å². The summed E-state index contributed by atoms with van der Waals surface area (Å²) in [4.78, 5) is 35.4. The highest BCUT2D eigenvalue weighted by molar-refractivity contribution is 6.04. The lowest BCUT2D eigenvalue weighted by atomic mass is 10.1. The number of amides is 2. The zero-order chi connectivity index (χ0) is 16.1. The minimum Gasteiger partial charge on any atom is -0.467 e. The molecular weight excluding hydrogens is 284 g/mol. The molecule has 1 atom stereocenters. The molecule has 22 heavy (non-hydrogen) atoms. The van der Waals surface area contributed by atoms with Gasteiger partial charge in [0.2, 0.25) is 5.91 Å². The van der Waals surface area contributed by atoms with Gasteiger partial charge in [0.25, 0.3) is 5.91 Å². The van der Waals surface area contributed by atoms with E-state index in [4.69, 9.17) is 4.74 Å². The van der Waals surface area contributed by atoms with Gasteiger partial charge in [0, 0.05) is 6.92 Å². The Morgan fingerprint density at radius 2 is 1.95 bits per heavy atom. The van der Waals surface area contributed by atoms with Crippen molar-refractivity contribution in [1.82, 2.24) is 5.32 Å². The van der Waals surface area contributed by atoms with Crippen LogP contribution in [0.4, 0.5) is 5.69 Å². The molecule has 2 rings (SSSR count). The Morgan fingerprint density at radius 3 is 2.55 bits per heavy atom. The number of hydrogen-bond acceptors (Lipinski definition) is 4. The molecule has 0 aliphatic heterocycles. The molecule has 0 heterocycles. The monoisotopic (exact) mass is 304 g/mol. The number of carbonyl (C=O) groups excluding carboxylic acids is 3. The van der Waals surface area contributed by atoms with Crippen molar-refractivity contribution in [1.29, 1.82) is 0 Å². The van der Waals surface area contributed by atoms with Gasteiger partial charge in [-0.15, -0.1) is 0 Å². The number of anilines is 1. The predicted octanol–water partition coefficient (Wildman–Crippen LogP) is 1.72. The predicted molar refractivity (Wildman–Crippen MR) is 81.4 cm³/mol. The van der Waals surface area contributed by atoms with Crippen LogP contribution in [-0.2, 0) is 14.3 Å². The summed E-state index contributed by atoms with van der Waals surface area (Å²) in [6.45, 7) is 1.37. The molecule has 0 radical (unpaired) electrons. The van der Waals surface area contributed by atoms with Crippen LogP contribution in [-0.4, -0.2) is 30.9 Å². The van der Waals surface area contributed by atoms with Crippen LogP contribution in [0.15, 0.2) is 24.3 Å². The third-order valence-electron chi connectivity index (χ3n) is 3.54. The van der Waals surface area contributed by atoms with Crippen LogP contribution < -0.4 is 10.6 Å².